The Hall–Kier alpha value is -2.76. The number of anilines is 1. The first kappa shape index (κ1) is 13.7. The largest absolute Gasteiger partial charge is 0.478 e. The number of halogens is 1. The van der Waals surface area contributed by atoms with Crippen LogP contribution in [0.4, 0.5) is 10.1 Å². The fraction of sp³-hybridized carbons (Fsp3) is 0.0714. The van der Waals surface area contributed by atoms with Gasteiger partial charge in [-0.05, 0) is 37.3 Å². The molecule has 20 heavy (non-hydrogen) atoms. The molecule has 2 rings (SSSR count). The summed E-state index contributed by atoms with van der Waals surface area (Å²) in [4.78, 5) is 27.1. The van der Waals surface area contributed by atoms with Gasteiger partial charge >= 0.3 is 5.97 Å². The Bertz CT molecular complexity index is 686. The molecule has 0 aliphatic carbocycles. The molecule has 1 aromatic carbocycles. The van der Waals surface area contributed by atoms with E-state index in [1.165, 1.54) is 6.07 Å². The molecule has 1 amide bonds. The predicted molar refractivity (Wildman–Crippen MR) is 70.3 cm³/mol. The summed E-state index contributed by atoms with van der Waals surface area (Å²) in [7, 11) is 0. The van der Waals surface area contributed by atoms with Crippen LogP contribution >= 0.6 is 0 Å². The molecule has 0 fully saturated rings. The molecule has 0 aliphatic rings. The highest BCUT2D eigenvalue weighted by Gasteiger charge is 2.15. The first-order valence-electron chi connectivity index (χ1n) is 5.75. The van der Waals surface area contributed by atoms with E-state index < -0.39 is 17.7 Å². The van der Waals surface area contributed by atoms with Crippen LogP contribution in [0.5, 0.6) is 0 Å². The number of aromatic nitrogens is 1. The zero-order valence-electron chi connectivity index (χ0n) is 10.6. The number of aryl methyl sites for hydroxylation is 1. The Labute approximate surface area is 114 Å². The van der Waals surface area contributed by atoms with Crippen LogP contribution in [0, 0.1) is 12.7 Å². The van der Waals surface area contributed by atoms with Gasteiger partial charge in [0.1, 0.15) is 5.82 Å². The molecule has 6 heteroatoms. The van der Waals surface area contributed by atoms with Gasteiger partial charge in [0.2, 0.25) is 0 Å². The minimum absolute atomic E-state index is 0.0344. The van der Waals surface area contributed by atoms with Gasteiger partial charge in [0.25, 0.3) is 5.91 Å². The van der Waals surface area contributed by atoms with Crippen molar-refractivity contribution in [3.63, 3.8) is 0 Å². The number of rotatable bonds is 3. The van der Waals surface area contributed by atoms with Gasteiger partial charge in [0.05, 0.1) is 16.8 Å². The van der Waals surface area contributed by atoms with Crippen molar-refractivity contribution in [1.29, 1.82) is 0 Å². The van der Waals surface area contributed by atoms with Gasteiger partial charge in [-0.15, -0.1) is 0 Å². The summed E-state index contributed by atoms with van der Waals surface area (Å²) < 4.78 is 13.0. The first-order valence-corrected chi connectivity index (χ1v) is 5.75. The van der Waals surface area contributed by atoms with Gasteiger partial charge in [-0.25, -0.2) is 9.18 Å². The Morgan fingerprint density at radius 2 is 2.00 bits per heavy atom. The average Bonchev–Trinajstić information content (AvgIpc) is 2.41. The predicted octanol–water partition coefficient (Wildman–Crippen LogP) is 2.48. The number of benzene rings is 1. The summed E-state index contributed by atoms with van der Waals surface area (Å²) in [5, 5.41) is 11.4. The summed E-state index contributed by atoms with van der Waals surface area (Å²) in [6.45, 7) is 1.66. The highest BCUT2D eigenvalue weighted by molar-refractivity contribution is 6.08. The number of aromatic carboxylic acids is 1. The fourth-order valence-electron chi connectivity index (χ4n) is 1.72. The lowest BCUT2D eigenvalue weighted by Crippen LogP contribution is -2.16. The van der Waals surface area contributed by atoms with Crippen LogP contribution in [-0.2, 0) is 0 Å². The molecule has 2 N–H and O–H groups in total. The Morgan fingerprint density at radius 3 is 2.65 bits per heavy atom. The lowest BCUT2D eigenvalue weighted by Gasteiger charge is -2.09. The highest BCUT2D eigenvalue weighted by Crippen LogP contribution is 2.18. The third-order valence-corrected chi connectivity index (χ3v) is 2.71. The number of carboxylic acids is 1. The van der Waals surface area contributed by atoms with Crippen LogP contribution in [0.25, 0.3) is 0 Å². The van der Waals surface area contributed by atoms with E-state index in [9.17, 15) is 14.0 Å². The summed E-state index contributed by atoms with van der Waals surface area (Å²) in [5.41, 5.74) is 0.573. The molecule has 0 atom stereocenters. The number of nitrogens with zero attached hydrogens (tertiary/aromatic N) is 1. The van der Waals surface area contributed by atoms with Crippen LogP contribution in [0.15, 0.2) is 36.5 Å². The third kappa shape index (κ3) is 2.80. The van der Waals surface area contributed by atoms with Crippen molar-refractivity contribution >= 4 is 17.6 Å². The second kappa shape index (κ2) is 5.48. The molecule has 1 heterocycles. The molecular weight excluding hydrogens is 263 g/mol. The molecule has 0 bridgehead atoms. The van der Waals surface area contributed by atoms with E-state index in [-0.39, 0.29) is 11.3 Å². The Balaban J connectivity index is 2.33. The maximum absolute atomic E-state index is 13.0. The molecule has 0 radical (unpaired) electrons. The quantitative estimate of drug-likeness (QED) is 0.901. The van der Waals surface area contributed by atoms with E-state index in [0.717, 1.165) is 12.1 Å². The summed E-state index contributed by atoms with van der Waals surface area (Å²) in [6, 6.07) is 6.32. The molecule has 0 spiro atoms. The molecule has 0 saturated carbocycles. The summed E-state index contributed by atoms with van der Waals surface area (Å²) in [6.07, 6.45) is 1.55. The van der Waals surface area contributed by atoms with Crippen LogP contribution < -0.4 is 5.32 Å². The van der Waals surface area contributed by atoms with Gasteiger partial charge in [-0.2, -0.15) is 0 Å². The number of hydrogen-bond donors (Lipinski definition) is 2. The Kier molecular flexibility index (Phi) is 3.74. The summed E-state index contributed by atoms with van der Waals surface area (Å²) in [5.74, 6) is -2.50. The van der Waals surface area contributed by atoms with E-state index in [1.54, 1.807) is 25.3 Å². The molecule has 102 valence electrons. The van der Waals surface area contributed by atoms with Gasteiger partial charge in [-0.1, -0.05) is 0 Å². The minimum atomic E-state index is -1.32. The van der Waals surface area contributed by atoms with E-state index >= 15 is 0 Å². The molecule has 1 aromatic heterocycles. The number of nitrogens with one attached hydrogen (secondary N) is 1. The smallest absolute Gasteiger partial charge is 0.337 e. The third-order valence-electron chi connectivity index (χ3n) is 2.71. The number of amides is 1. The average molecular weight is 274 g/mol. The van der Waals surface area contributed by atoms with Crippen LogP contribution in [0.2, 0.25) is 0 Å². The zero-order valence-corrected chi connectivity index (χ0v) is 10.6. The molecule has 0 saturated heterocycles. The molecular formula is C14H11FN2O3. The number of carbonyl (C=O) groups excluding carboxylic acids is 1. The second-order valence-corrected chi connectivity index (χ2v) is 4.09. The minimum Gasteiger partial charge on any atom is -0.478 e. The lowest BCUT2D eigenvalue weighted by atomic mass is 10.1. The van der Waals surface area contributed by atoms with Crippen molar-refractivity contribution in [1.82, 2.24) is 4.98 Å². The standard InChI is InChI=1S/C14H11FN2O3/c1-8-10(3-2-6-16-8)13(18)17-12-5-4-9(15)7-11(12)14(19)20/h2-7H,1H3,(H,17,18)(H,19,20). The van der Waals surface area contributed by atoms with Crippen LogP contribution in [0.3, 0.4) is 0 Å². The van der Waals surface area contributed by atoms with Gasteiger partial charge in [0, 0.05) is 11.9 Å². The van der Waals surface area contributed by atoms with Gasteiger partial charge in [-0.3, -0.25) is 9.78 Å². The maximum atomic E-state index is 13.0. The van der Waals surface area contributed by atoms with Crippen LogP contribution in [0.1, 0.15) is 26.4 Å². The van der Waals surface area contributed by atoms with Crippen LogP contribution in [-0.4, -0.2) is 22.0 Å². The van der Waals surface area contributed by atoms with Crippen molar-refractivity contribution in [2.45, 2.75) is 6.92 Å². The molecule has 0 unspecified atom stereocenters. The number of hydrogen-bond acceptors (Lipinski definition) is 3. The maximum Gasteiger partial charge on any atom is 0.337 e. The van der Waals surface area contributed by atoms with E-state index in [4.69, 9.17) is 5.11 Å². The first-order chi connectivity index (χ1) is 9.49. The lowest BCUT2D eigenvalue weighted by molar-refractivity contribution is 0.0697. The molecule has 2 aromatic rings. The molecule has 5 nitrogen and oxygen atoms in total. The molecule has 0 aliphatic heterocycles. The zero-order chi connectivity index (χ0) is 14.7. The van der Waals surface area contributed by atoms with Crippen molar-refractivity contribution in [2.24, 2.45) is 0 Å². The van der Waals surface area contributed by atoms with E-state index in [0.29, 0.717) is 11.3 Å². The van der Waals surface area contributed by atoms with Crippen molar-refractivity contribution < 1.29 is 19.1 Å². The SMILES string of the molecule is Cc1ncccc1C(=O)Nc1ccc(F)cc1C(=O)O. The van der Waals surface area contributed by atoms with E-state index in [2.05, 4.69) is 10.3 Å². The monoisotopic (exact) mass is 274 g/mol. The highest BCUT2D eigenvalue weighted by atomic mass is 19.1. The number of carbonyl (C=O) groups is 2. The van der Waals surface area contributed by atoms with Gasteiger partial charge < -0.3 is 10.4 Å². The normalized spacial score (nSPS) is 10.1. The van der Waals surface area contributed by atoms with E-state index in [1.807, 2.05) is 0 Å². The Morgan fingerprint density at radius 1 is 1.25 bits per heavy atom. The van der Waals surface area contributed by atoms with Gasteiger partial charge in [0.15, 0.2) is 0 Å². The number of carboxylic acid groups (broad SMARTS) is 1. The number of pyridine rings is 1. The summed E-state index contributed by atoms with van der Waals surface area (Å²) >= 11 is 0. The van der Waals surface area contributed by atoms with Crippen molar-refractivity contribution in [3.8, 4) is 0 Å². The fourth-order valence-corrected chi connectivity index (χ4v) is 1.72. The topological polar surface area (TPSA) is 79.3 Å². The van der Waals surface area contributed by atoms with Crippen molar-refractivity contribution in [2.75, 3.05) is 5.32 Å². The van der Waals surface area contributed by atoms with Crippen molar-refractivity contribution in [3.05, 3.63) is 59.2 Å². The second-order valence-electron chi connectivity index (χ2n) is 4.09.